The van der Waals surface area contributed by atoms with Crippen molar-refractivity contribution in [1.29, 1.82) is 0 Å². The maximum atomic E-state index is 13.2. The van der Waals surface area contributed by atoms with Gasteiger partial charge in [-0.1, -0.05) is 0 Å². The van der Waals surface area contributed by atoms with Crippen molar-refractivity contribution in [2.24, 2.45) is 0 Å². The molecule has 0 bridgehead atoms. The smallest absolute Gasteiger partial charge is 0.255 e. The Hall–Kier alpha value is -2.12. The number of anilines is 2. The van der Waals surface area contributed by atoms with E-state index in [4.69, 9.17) is 0 Å². The van der Waals surface area contributed by atoms with Crippen molar-refractivity contribution in [3.05, 3.63) is 53.6 Å². The minimum Gasteiger partial charge on any atom is -0.366 e. The summed E-state index contributed by atoms with van der Waals surface area (Å²) < 4.78 is 29.3. The number of benzene rings is 2. The predicted molar refractivity (Wildman–Crippen MR) is 87.4 cm³/mol. The molecule has 0 aromatic heterocycles. The first kappa shape index (κ1) is 15.8. The number of fused-ring (bicyclic) bond motifs is 1. The Kier molecular flexibility index (Phi) is 3.99. The van der Waals surface area contributed by atoms with E-state index in [1.165, 1.54) is 18.0 Å². The number of halogens is 2. The molecule has 2 aromatic rings. The van der Waals surface area contributed by atoms with Crippen molar-refractivity contribution in [1.82, 2.24) is 4.72 Å². The highest BCUT2D eigenvalue weighted by Crippen LogP contribution is 2.34. The van der Waals surface area contributed by atoms with Crippen molar-refractivity contribution in [2.75, 3.05) is 10.6 Å². The van der Waals surface area contributed by atoms with Gasteiger partial charge in [0.05, 0.1) is 11.4 Å². The molecule has 3 N–H and O–H groups in total. The summed E-state index contributed by atoms with van der Waals surface area (Å²) in [5.41, 5.74) is 1.33. The molecule has 0 aliphatic carbocycles. The van der Waals surface area contributed by atoms with Crippen molar-refractivity contribution in [3.63, 3.8) is 0 Å². The van der Waals surface area contributed by atoms with E-state index in [-0.39, 0.29) is 17.3 Å². The van der Waals surface area contributed by atoms with Crippen LogP contribution < -0.4 is 15.4 Å². The van der Waals surface area contributed by atoms with Crippen molar-refractivity contribution < 1.29 is 13.6 Å². The van der Waals surface area contributed by atoms with E-state index in [0.29, 0.717) is 5.56 Å². The van der Waals surface area contributed by atoms with Crippen LogP contribution in [0.4, 0.5) is 20.2 Å². The summed E-state index contributed by atoms with van der Waals surface area (Å²) in [6, 6.07) is 8.49. The van der Waals surface area contributed by atoms with Crippen LogP contribution in [0.25, 0.3) is 0 Å². The van der Waals surface area contributed by atoms with Gasteiger partial charge in [0.1, 0.15) is 0 Å². The van der Waals surface area contributed by atoms with Crippen molar-refractivity contribution >= 4 is 29.2 Å². The summed E-state index contributed by atoms with van der Waals surface area (Å²) >= 11 is 1.44. The molecule has 0 unspecified atom stereocenters. The zero-order chi connectivity index (χ0) is 16.6. The lowest BCUT2D eigenvalue weighted by Crippen LogP contribution is -2.45. The van der Waals surface area contributed by atoms with Crippen LogP contribution in [0, 0.1) is 11.6 Å². The molecule has 4 nitrogen and oxygen atoms in total. The Morgan fingerprint density at radius 3 is 2.65 bits per heavy atom. The zero-order valence-corrected chi connectivity index (χ0v) is 13.4. The van der Waals surface area contributed by atoms with E-state index < -0.39 is 11.6 Å². The second-order valence-corrected chi connectivity index (χ2v) is 6.60. The SMILES string of the molecule is CC1(C)NSc2cc(C(=O)Nc3ccc(F)c(F)c3)ccc2N1. The molecule has 0 radical (unpaired) electrons. The number of hydrogen-bond acceptors (Lipinski definition) is 4. The largest absolute Gasteiger partial charge is 0.366 e. The average Bonchev–Trinajstić information content (AvgIpc) is 2.49. The molecule has 1 aliphatic heterocycles. The van der Waals surface area contributed by atoms with Gasteiger partial charge in [0.25, 0.3) is 5.91 Å². The van der Waals surface area contributed by atoms with Crippen LogP contribution in [0.3, 0.4) is 0 Å². The van der Waals surface area contributed by atoms with Gasteiger partial charge in [-0.3, -0.25) is 4.79 Å². The fourth-order valence-electron chi connectivity index (χ4n) is 2.17. The van der Waals surface area contributed by atoms with Gasteiger partial charge in [-0.05, 0) is 56.1 Å². The quantitative estimate of drug-likeness (QED) is 0.727. The summed E-state index contributed by atoms with van der Waals surface area (Å²) in [5.74, 6) is -2.34. The highest BCUT2D eigenvalue weighted by Gasteiger charge is 2.24. The molecule has 3 rings (SSSR count). The highest BCUT2D eigenvalue weighted by atomic mass is 32.2. The number of hydrogen-bond donors (Lipinski definition) is 3. The lowest BCUT2D eigenvalue weighted by molar-refractivity contribution is 0.102. The van der Waals surface area contributed by atoms with E-state index >= 15 is 0 Å². The van der Waals surface area contributed by atoms with E-state index in [0.717, 1.165) is 22.7 Å². The predicted octanol–water partition coefficient (Wildman–Crippen LogP) is 3.98. The Morgan fingerprint density at radius 2 is 1.91 bits per heavy atom. The maximum absolute atomic E-state index is 13.2. The first-order chi connectivity index (χ1) is 10.8. The Bertz CT molecular complexity index is 780. The summed E-state index contributed by atoms with van der Waals surface area (Å²) in [6.45, 7) is 4.01. The van der Waals surface area contributed by atoms with Gasteiger partial charge in [0.2, 0.25) is 0 Å². The Balaban J connectivity index is 1.79. The third-order valence-corrected chi connectivity index (χ3v) is 4.45. The zero-order valence-electron chi connectivity index (χ0n) is 12.5. The molecule has 0 saturated carbocycles. The summed E-state index contributed by atoms with van der Waals surface area (Å²) in [5, 5.41) is 5.86. The highest BCUT2D eigenvalue weighted by molar-refractivity contribution is 7.97. The summed E-state index contributed by atoms with van der Waals surface area (Å²) in [6.07, 6.45) is 0. The van der Waals surface area contributed by atoms with Crippen LogP contribution in [-0.2, 0) is 0 Å². The molecule has 1 amide bonds. The lowest BCUT2D eigenvalue weighted by Gasteiger charge is -2.34. The minimum atomic E-state index is -1.00. The van der Waals surface area contributed by atoms with E-state index in [9.17, 15) is 13.6 Å². The normalized spacial score (nSPS) is 15.5. The van der Waals surface area contributed by atoms with Crippen LogP contribution in [0.15, 0.2) is 41.3 Å². The van der Waals surface area contributed by atoms with E-state index in [1.54, 1.807) is 12.1 Å². The van der Waals surface area contributed by atoms with Crippen LogP contribution in [0.2, 0.25) is 0 Å². The fraction of sp³-hybridized carbons (Fsp3) is 0.188. The topological polar surface area (TPSA) is 53.2 Å². The molecule has 1 heterocycles. The monoisotopic (exact) mass is 335 g/mol. The molecule has 0 spiro atoms. The number of rotatable bonds is 2. The van der Waals surface area contributed by atoms with Gasteiger partial charge in [-0.2, -0.15) is 0 Å². The van der Waals surface area contributed by atoms with Gasteiger partial charge >= 0.3 is 0 Å². The minimum absolute atomic E-state index is 0.205. The van der Waals surface area contributed by atoms with E-state index in [1.807, 2.05) is 19.9 Å². The number of carbonyl (C=O) groups excluding carboxylic acids is 1. The molecule has 2 aromatic carbocycles. The molecular formula is C16H15F2N3OS. The van der Waals surface area contributed by atoms with Crippen LogP contribution in [0.1, 0.15) is 24.2 Å². The van der Waals surface area contributed by atoms with Gasteiger partial charge in [0.15, 0.2) is 11.6 Å². The van der Waals surface area contributed by atoms with Crippen LogP contribution in [-0.4, -0.2) is 11.6 Å². The molecule has 0 fully saturated rings. The second kappa shape index (κ2) is 5.82. The number of carbonyl (C=O) groups is 1. The molecule has 0 atom stereocenters. The molecule has 23 heavy (non-hydrogen) atoms. The molecular weight excluding hydrogens is 320 g/mol. The molecule has 1 aliphatic rings. The molecule has 7 heteroatoms. The third-order valence-electron chi connectivity index (χ3n) is 3.28. The third kappa shape index (κ3) is 3.46. The van der Waals surface area contributed by atoms with Gasteiger partial charge < -0.3 is 10.6 Å². The van der Waals surface area contributed by atoms with Crippen LogP contribution in [0.5, 0.6) is 0 Å². The lowest BCUT2D eigenvalue weighted by atomic mass is 10.1. The molecule has 0 saturated heterocycles. The van der Waals surface area contributed by atoms with Gasteiger partial charge in [-0.25, -0.2) is 13.5 Å². The Labute approximate surface area is 136 Å². The van der Waals surface area contributed by atoms with E-state index in [2.05, 4.69) is 15.4 Å². The van der Waals surface area contributed by atoms with Gasteiger partial charge in [0, 0.05) is 22.2 Å². The van der Waals surface area contributed by atoms with Crippen LogP contribution >= 0.6 is 11.9 Å². The standard InChI is InChI=1S/C16H15F2N3OS/c1-16(2)20-13-6-3-9(7-14(13)23-21-16)15(22)19-10-4-5-11(17)12(18)8-10/h3-8,20-21H,1-2H3,(H,19,22). The maximum Gasteiger partial charge on any atom is 0.255 e. The summed E-state index contributed by atoms with van der Waals surface area (Å²) in [4.78, 5) is 13.1. The van der Waals surface area contributed by atoms with Crippen molar-refractivity contribution in [2.45, 2.75) is 24.4 Å². The molecule has 120 valence electrons. The number of nitrogens with one attached hydrogen (secondary N) is 3. The van der Waals surface area contributed by atoms with Crippen molar-refractivity contribution in [3.8, 4) is 0 Å². The average molecular weight is 335 g/mol. The first-order valence-electron chi connectivity index (χ1n) is 6.97. The fourth-order valence-corrected chi connectivity index (χ4v) is 3.00. The Morgan fingerprint density at radius 1 is 1.13 bits per heavy atom. The number of amides is 1. The second-order valence-electron chi connectivity index (χ2n) is 5.75. The van der Waals surface area contributed by atoms with Gasteiger partial charge in [-0.15, -0.1) is 0 Å². The first-order valence-corrected chi connectivity index (χ1v) is 7.78. The summed E-state index contributed by atoms with van der Waals surface area (Å²) in [7, 11) is 0.